The van der Waals surface area contributed by atoms with Gasteiger partial charge in [0, 0.05) is 37.6 Å². The number of hydrogen-bond donors (Lipinski definition) is 4. The van der Waals surface area contributed by atoms with E-state index in [0.717, 1.165) is 5.56 Å². The molecule has 2 aliphatic rings. The summed E-state index contributed by atoms with van der Waals surface area (Å²) < 4.78 is 11.6. The SMILES string of the molecule is O=C1CCc2c(OCC(O)CNC3CCCCC3)ccc(OCCCO)c2N1. The molecule has 0 spiro atoms. The molecule has 1 saturated carbocycles. The van der Waals surface area contributed by atoms with Crippen molar-refractivity contribution in [2.75, 3.05) is 31.7 Å². The zero-order valence-corrected chi connectivity index (χ0v) is 16.4. The van der Waals surface area contributed by atoms with Crippen LogP contribution < -0.4 is 20.1 Å². The van der Waals surface area contributed by atoms with Crippen molar-refractivity contribution >= 4 is 11.6 Å². The van der Waals surface area contributed by atoms with E-state index in [-0.39, 0.29) is 19.1 Å². The Hall–Kier alpha value is -1.83. The average Bonchev–Trinajstić information content (AvgIpc) is 2.72. The first-order valence-electron chi connectivity index (χ1n) is 10.4. The normalized spacial score (nSPS) is 18.3. The number of anilines is 1. The van der Waals surface area contributed by atoms with Crippen LogP contribution in [0.25, 0.3) is 0 Å². The van der Waals surface area contributed by atoms with E-state index >= 15 is 0 Å². The van der Waals surface area contributed by atoms with Crippen LogP contribution in [-0.4, -0.2) is 54.6 Å². The second-order valence-corrected chi connectivity index (χ2v) is 7.60. The molecule has 3 rings (SSSR count). The number of ether oxygens (including phenoxy) is 2. The fraction of sp³-hybridized carbons (Fsp3) is 0.667. The number of carbonyl (C=O) groups excluding carboxylic acids is 1. The van der Waals surface area contributed by atoms with Gasteiger partial charge in [0.05, 0.1) is 12.3 Å². The topological polar surface area (TPSA) is 100 Å². The van der Waals surface area contributed by atoms with Gasteiger partial charge in [0.2, 0.25) is 5.91 Å². The highest BCUT2D eigenvalue weighted by molar-refractivity contribution is 5.96. The van der Waals surface area contributed by atoms with E-state index in [1.165, 1.54) is 32.1 Å². The highest BCUT2D eigenvalue weighted by Crippen LogP contribution is 2.39. The molecule has 7 nitrogen and oxygen atoms in total. The number of aliphatic hydroxyl groups is 2. The van der Waals surface area contributed by atoms with E-state index < -0.39 is 6.10 Å². The average molecular weight is 392 g/mol. The highest BCUT2D eigenvalue weighted by Gasteiger charge is 2.23. The molecule has 0 radical (unpaired) electrons. The molecule has 0 bridgehead atoms. The monoisotopic (exact) mass is 392 g/mol. The molecule has 156 valence electrons. The first kappa shape index (κ1) is 20.9. The molecule has 1 aromatic rings. The number of rotatable bonds is 10. The van der Waals surface area contributed by atoms with E-state index in [1.54, 1.807) is 6.07 Å². The maximum atomic E-state index is 11.8. The molecule has 0 aromatic heterocycles. The second kappa shape index (κ2) is 10.6. The molecule has 1 aliphatic carbocycles. The number of benzene rings is 1. The lowest BCUT2D eigenvalue weighted by atomic mass is 9.95. The summed E-state index contributed by atoms with van der Waals surface area (Å²) in [4.78, 5) is 11.8. The third kappa shape index (κ3) is 5.83. The Morgan fingerprint density at radius 1 is 1.14 bits per heavy atom. The molecule has 1 atom stereocenters. The van der Waals surface area contributed by atoms with Gasteiger partial charge in [0.25, 0.3) is 0 Å². The summed E-state index contributed by atoms with van der Waals surface area (Å²) in [5, 5.41) is 25.5. The lowest BCUT2D eigenvalue weighted by Crippen LogP contribution is -2.39. The van der Waals surface area contributed by atoms with Crippen LogP contribution in [0.15, 0.2) is 12.1 Å². The van der Waals surface area contributed by atoms with Gasteiger partial charge in [0.15, 0.2) is 0 Å². The van der Waals surface area contributed by atoms with Crippen molar-refractivity contribution in [3.63, 3.8) is 0 Å². The van der Waals surface area contributed by atoms with Crippen molar-refractivity contribution in [1.29, 1.82) is 0 Å². The molecule has 4 N–H and O–H groups in total. The molecule has 1 fully saturated rings. The Kier molecular flexibility index (Phi) is 7.94. The Morgan fingerprint density at radius 2 is 1.93 bits per heavy atom. The summed E-state index contributed by atoms with van der Waals surface area (Å²) in [6.07, 6.45) is 7.10. The number of amides is 1. The fourth-order valence-corrected chi connectivity index (χ4v) is 3.79. The second-order valence-electron chi connectivity index (χ2n) is 7.60. The van der Waals surface area contributed by atoms with Crippen molar-refractivity contribution in [1.82, 2.24) is 5.32 Å². The van der Waals surface area contributed by atoms with Gasteiger partial charge in [-0.3, -0.25) is 4.79 Å². The zero-order chi connectivity index (χ0) is 19.8. The number of fused-ring (bicyclic) bond motifs is 1. The minimum absolute atomic E-state index is 0.0478. The van der Waals surface area contributed by atoms with Crippen molar-refractivity contribution < 1.29 is 24.5 Å². The predicted molar refractivity (Wildman–Crippen MR) is 107 cm³/mol. The predicted octanol–water partition coefficient (Wildman–Crippen LogP) is 1.99. The Bertz CT molecular complexity index is 646. The quantitative estimate of drug-likeness (QED) is 0.455. The van der Waals surface area contributed by atoms with Crippen LogP contribution in [0.5, 0.6) is 11.5 Å². The zero-order valence-electron chi connectivity index (χ0n) is 16.4. The molecule has 1 aliphatic heterocycles. The molecule has 7 heteroatoms. The Labute approximate surface area is 166 Å². The van der Waals surface area contributed by atoms with E-state index in [2.05, 4.69) is 10.6 Å². The van der Waals surface area contributed by atoms with Crippen LogP contribution in [0.4, 0.5) is 5.69 Å². The summed E-state index contributed by atoms with van der Waals surface area (Å²) in [5.74, 6) is 1.21. The van der Waals surface area contributed by atoms with E-state index in [9.17, 15) is 9.90 Å². The number of nitrogens with one attached hydrogen (secondary N) is 2. The van der Waals surface area contributed by atoms with Crippen LogP contribution in [0.1, 0.15) is 50.5 Å². The standard InChI is InChI=1S/C21H32N2O5/c24-11-4-12-27-19-9-8-18(17-7-10-20(26)23-21(17)19)28-14-16(25)13-22-15-5-2-1-3-6-15/h8-9,15-16,22,24-25H,1-7,10-14H2,(H,23,26). The van der Waals surface area contributed by atoms with Gasteiger partial charge in [-0.2, -0.15) is 0 Å². The maximum absolute atomic E-state index is 11.8. The third-order valence-electron chi connectivity index (χ3n) is 5.34. The van der Waals surface area contributed by atoms with Crippen LogP contribution in [-0.2, 0) is 11.2 Å². The van der Waals surface area contributed by atoms with Gasteiger partial charge < -0.3 is 30.3 Å². The van der Waals surface area contributed by atoms with E-state index in [0.29, 0.717) is 55.6 Å². The van der Waals surface area contributed by atoms with Gasteiger partial charge in [0.1, 0.15) is 24.2 Å². The van der Waals surface area contributed by atoms with E-state index in [1.807, 2.05) is 6.07 Å². The van der Waals surface area contributed by atoms with Crippen molar-refractivity contribution in [2.24, 2.45) is 0 Å². The smallest absolute Gasteiger partial charge is 0.224 e. The summed E-state index contributed by atoms with van der Waals surface area (Å²) in [7, 11) is 0. The molecular formula is C21H32N2O5. The van der Waals surface area contributed by atoms with Crippen LogP contribution >= 0.6 is 0 Å². The molecule has 1 unspecified atom stereocenters. The van der Waals surface area contributed by atoms with Crippen molar-refractivity contribution in [2.45, 2.75) is 63.5 Å². The molecule has 1 aromatic carbocycles. The lowest BCUT2D eigenvalue weighted by Gasteiger charge is -2.25. The third-order valence-corrected chi connectivity index (χ3v) is 5.34. The summed E-state index contributed by atoms with van der Waals surface area (Å²) >= 11 is 0. The van der Waals surface area contributed by atoms with Gasteiger partial charge in [-0.25, -0.2) is 0 Å². The molecule has 1 heterocycles. The minimum Gasteiger partial charge on any atom is -0.491 e. The van der Waals surface area contributed by atoms with Gasteiger partial charge in [-0.15, -0.1) is 0 Å². The molecule has 28 heavy (non-hydrogen) atoms. The number of aliphatic hydroxyl groups excluding tert-OH is 2. The summed E-state index contributed by atoms with van der Waals surface area (Å²) in [5.41, 5.74) is 1.54. The Balaban J connectivity index is 1.57. The molecule has 0 saturated heterocycles. The maximum Gasteiger partial charge on any atom is 0.224 e. The van der Waals surface area contributed by atoms with Gasteiger partial charge in [-0.05, 0) is 31.4 Å². The van der Waals surface area contributed by atoms with Crippen molar-refractivity contribution in [3.8, 4) is 11.5 Å². The van der Waals surface area contributed by atoms with Crippen LogP contribution in [0.3, 0.4) is 0 Å². The van der Waals surface area contributed by atoms with E-state index in [4.69, 9.17) is 14.6 Å². The first-order chi connectivity index (χ1) is 13.7. The minimum atomic E-state index is -0.587. The molecule has 1 amide bonds. The first-order valence-corrected chi connectivity index (χ1v) is 10.4. The molecular weight excluding hydrogens is 360 g/mol. The van der Waals surface area contributed by atoms with Crippen molar-refractivity contribution in [3.05, 3.63) is 17.7 Å². The number of hydrogen-bond acceptors (Lipinski definition) is 6. The Morgan fingerprint density at radius 3 is 2.71 bits per heavy atom. The van der Waals surface area contributed by atoms with Gasteiger partial charge >= 0.3 is 0 Å². The van der Waals surface area contributed by atoms with Crippen LogP contribution in [0.2, 0.25) is 0 Å². The highest BCUT2D eigenvalue weighted by atomic mass is 16.5. The fourth-order valence-electron chi connectivity index (χ4n) is 3.79. The van der Waals surface area contributed by atoms with Gasteiger partial charge in [-0.1, -0.05) is 19.3 Å². The largest absolute Gasteiger partial charge is 0.491 e. The van der Waals surface area contributed by atoms with Crippen LogP contribution in [0, 0.1) is 0 Å². The summed E-state index contributed by atoms with van der Waals surface area (Å²) in [6, 6.07) is 4.09. The number of carbonyl (C=O) groups is 1. The lowest BCUT2D eigenvalue weighted by molar-refractivity contribution is -0.116. The summed E-state index contributed by atoms with van der Waals surface area (Å²) in [6.45, 7) is 1.16.